The van der Waals surface area contributed by atoms with Crippen LogP contribution in [0.15, 0.2) is 6.07 Å². The lowest BCUT2D eigenvalue weighted by atomic mass is 9.93. The Bertz CT molecular complexity index is 343. The van der Waals surface area contributed by atoms with Crippen LogP contribution in [-0.4, -0.2) is 16.0 Å². The van der Waals surface area contributed by atoms with Gasteiger partial charge in [-0.25, -0.2) is 9.97 Å². The molecule has 1 heterocycles. The van der Waals surface area contributed by atoms with Crippen molar-refractivity contribution in [3.05, 3.63) is 17.5 Å². The van der Waals surface area contributed by atoms with Gasteiger partial charge in [0.2, 0.25) is 5.95 Å². The Hall–Kier alpha value is -1.12. The van der Waals surface area contributed by atoms with Crippen molar-refractivity contribution in [3.8, 4) is 0 Å². The molecule has 1 saturated carbocycles. The SMILES string of the molecule is Cc1cc(C(C)C)nc(NC2CCC2)n1. The molecule has 0 atom stereocenters. The fourth-order valence-corrected chi connectivity index (χ4v) is 1.69. The number of anilines is 1. The molecule has 1 fully saturated rings. The molecule has 0 bridgehead atoms. The summed E-state index contributed by atoms with van der Waals surface area (Å²) in [6, 6.07) is 2.67. The molecule has 0 spiro atoms. The van der Waals surface area contributed by atoms with Crippen LogP contribution in [-0.2, 0) is 0 Å². The predicted molar refractivity (Wildman–Crippen MR) is 62.1 cm³/mol. The largest absolute Gasteiger partial charge is 0.351 e. The molecule has 3 nitrogen and oxygen atoms in total. The monoisotopic (exact) mass is 205 g/mol. The molecule has 0 aromatic carbocycles. The summed E-state index contributed by atoms with van der Waals surface area (Å²) < 4.78 is 0. The van der Waals surface area contributed by atoms with Crippen molar-refractivity contribution in [1.82, 2.24) is 9.97 Å². The molecule has 3 heteroatoms. The minimum absolute atomic E-state index is 0.466. The van der Waals surface area contributed by atoms with Crippen molar-refractivity contribution in [3.63, 3.8) is 0 Å². The number of rotatable bonds is 3. The highest BCUT2D eigenvalue weighted by atomic mass is 15.1. The van der Waals surface area contributed by atoms with Gasteiger partial charge in [0, 0.05) is 17.4 Å². The fourth-order valence-electron chi connectivity index (χ4n) is 1.69. The molecule has 0 saturated heterocycles. The van der Waals surface area contributed by atoms with Gasteiger partial charge in [0.1, 0.15) is 0 Å². The van der Waals surface area contributed by atoms with Crippen LogP contribution < -0.4 is 5.32 Å². The Morgan fingerprint density at radius 3 is 2.60 bits per heavy atom. The summed E-state index contributed by atoms with van der Waals surface area (Å²) >= 11 is 0. The third-order valence-electron chi connectivity index (χ3n) is 2.90. The summed E-state index contributed by atoms with van der Waals surface area (Å²) in [5.41, 5.74) is 2.18. The van der Waals surface area contributed by atoms with Gasteiger partial charge >= 0.3 is 0 Å². The predicted octanol–water partition coefficient (Wildman–Crippen LogP) is 2.87. The third-order valence-corrected chi connectivity index (χ3v) is 2.90. The average molecular weight is 205 g/mol. The zero-order valence-corrected chi connectivity index (χ0v) is 9.75. The maximum Gasteiger partial charge on any atom is 0.223 e. The highest BCUT2D eigenvalue weighted by Gasteiger charge is 2.18. The molecule has 0 radical (unpaired) electrons. The van der Waals surface area contributed by atoms with Crippen molar-refractivity contribution >= 4 is 5.95 Å². The molecular weight excluding hydrogens is 186 g/mol. The summed E-state index contributed by atoms with van der Waals surface area (Å²) in [7, 11) is 0. The smallest absolute Gasteiger partial charge is 0.223 e. The molecular formula is C12H19N3. The highest BCUT2D eigenvalue weighted by Crippen LogP contribution is 2.22. The zero-order chi connectivity index (χ0) is 10.8. The topological polar surface area (TPSA) is 37.8 Å². The van der Waals surface area contributed by atoms with E-state index in [4.69, 9.17) is 0 Å². The molecule has 15 heavy (non-hydrogen) atoms. The van der Waals surface area contributed by atoms with Crippen LogP contribution in [0.4, 0.5) is 5.95 Å². The van der Waals surface area contributed by atoms with Gasteiger partial charge in [-0.2, -0.15) is 0 Å². The Kier molecular flexibility index (Phi) is 2.89. The van der Waals surface area contributed by atoms with Crippen LogP contribution >= 0.6 is 0 Å². The summed E-state index contributed by atoms with van der Waals surface area (Å²) in [6.45, 7) is 6.35. The van der Waals surface area contributed by atoms with Crippen molar-refractivity contribution < 1.29 is 0 Å². The lowest BCUT2D eigenvalue weighted by Crippen LogP contribution is -2.28. The van der Waals surface area contributed by atoms with Gasteiger partial charge in [-0.1, -0.05) is 13.8 Å². The Labute approximate surface area is 91.3 Å². The maximum atomic E-state index is 4.53. The van der Waals surface area contributed by atoms with Gasteiger partial charge in [-0.15, -0.1) is 0 Å². The van der Waals surface area contributed by atoms with Gasteiger partial charge in [-0.3, -0.25) is 0 Å². The molecule has 82 valence electrons. The van der Waals surface area contributed by atoms with Crippen molar-refractivity contribution in [2.45, 2.75) is 52.0 Å². The second-order valence-corrected chi connectivity index (χ2v) is 4.68. The lowest BCUT2D eigenvalue weighted by molar-refractivity contribution is 0.443. The molecule has 1 aliphatic rings. The van der Waals surface area contributed by atoms with E-state index in [0.29, 0.717) is 12.0 Å². The van der Waals surface area contributed by atoms with Gasteiger partial charge in [0.25, 0.3) is 0 Å². The van der Waals surface area contributed by atoms with Crippen LogP contribution in [0.5, 0.6) is 0 Å². The van der Waals surface area contributed by atoms with Gasteiger partial charge in [0.05, 0.1) is 0 Å². The first-order valence-corrected chi connectivity index (χ1v) is 5.77. The molecule has 1 N–H and O–H groups in total. The van der Waals surface area contributed by atoms with Crippen LogP contribution in [0, 0.1) is 6.92 Å². The molecule has 0 aliphatic heterocycles. The summed E-state index contributed by atoms with van der Waals surface area (Å²) in [4.78, 5) is 8.95. The maximum absolute atomic E-state index is 4.53. The van der Waals surface area contributed by atoms with E-state index >= 15 is 0 Å². The standard InChI is InChI=1S/C12H19N3/c1-8(2)11-7-9(3)13-12(15-11)14-10-5-4-6-10/h7-8,10H,4-6H2,1-3H3,(H,13,14,15). The molecule has 1 aromatic heterocycles. The van der Waals surface area contributed by atoms with E-state index in [1.165, 1.54) is 19.3 Å². The average Bonchev–Trinajstić information content (AvgIpc) is 2.10. The molecule has 0 unspecified atom stereocenters. The van der Waals surface area contributed by atoms with Gasteiger partial charge in [0.15, 0.2) is 0 Å². The van der Waals surface area contributed by atoms with Crippen LogP contribution in [0.2, 0.25) is 0 Å². The molecule has 2 rings (SSSR count). The van der Waals surface area contributed by atoms with Crippen molar-refractivity contribution in [2.24, 2.45) is 0 Å². The minimum atomic E-state index is 0.466. The highest BCUT2D eigenvalue weighted by molar-refractivity contribution is 5.30. The number of hydrogen-bond donors (Lipinski definition) is 1. The molecule has 0 amide bonds. The van der Waals surface area contributed by atoms with E-state index < -0.39 is 0 Å². The van der Waals surface area contributed by atoms with Crippen LogP contribution in [0.25, 0.3) is 0 Å². The van der Waals surface area contributed by atoms with E-state index in [1.54, 1.807) is 0 Å². The quantitative estimate of drug-likeness (QED) is 0.824. The first-order chi connectivity index (χ1) is 7.15. The van der Waals surface area contributed by atoms with Gasteiger partial charge < -0.3 is 5.32 Å². The molecule has 1 aliphatic carbocycles. The normalized spacial score (nSPS) is 16.5. The Morgan fingerprint density at radius 1 is 1.33 bits per heavy atom. The molecule has 1 aromatic rings. The van der Waals surface area contributed by atoms with E-state index in [0.717, 1.165) is 17.3 Å². The van der Waals surface area contributed by atoms with E-state index in [2.05, 4.69) is 35.2 Å². The number of nitrogens with zero attached hydrogens (tertiary/aromatic N) is 2. The first kappa shape index (κ1) is 10.4. The second-order valence-electron chi connectivity index (χ2n) is 4.68. The second kappa shape index (κ2) is 4.17. The number of hydrogen-bond acceptors (Lipinski definition) is 3. The van der Waals surface area contributed by atoms with E-state index in [9.17, 15) is 0 Å². The Morgan fingerprint density at radius 2 is 2.07 bits per heavy atom. The van der Waals surface area contributed by atoms with Crippen molar-refractivity contribution in [2.75, 3.05) is 5.32 Å². The summed E-state index contributed by atoms with van der Waals surface area (Å²) in [5, 5.41) is 3.39. The fraction of sp³-hybridized carbons (Fsp3) is 0.667. The van der Waals surface area contributed by atoms with Crippen LogP contribution in [0.3, 0.4) is 0 Å². The van der Waals surface area contributed by atoms with Crippen molar-refractivity contribution in [1.29, 1.82) is 0 Å². The van der Waals surface area contributed by atoms with Crippen LogP contribution in [0.1, 0.15) is 50.4 Å². The van der Waals surface area contributed by atoms with Gasteiger partial charge in [-0.05, 0) is 38.2 Å². The third kappa shape index (κ3) is 2.46. The summed E-state index contributed by atoms with van der Waals surface area (Å²) in [5.74, 6) is 1.28. The zero-order valence-electron chi connectivity index (χ0n) is 9.75. The number of nitrogens with one attached hydrogen (secondary N) is 1. The number of aromatic nitrogens is 2. The van der Waals surface area contributed by atoms with E-state index in [-0.39, 0.29) is 0 Å². The minimum Gasteiger partial charge on any atom is -0.351 e. The Balaban J connectivity index is 2.15. The lowest BCUT2D eigenvalue weighted by Gasteiger charge is -2.26. The number of aryl methyl sites for hydroxylation is 1. The van der Waals surface area contributed by atoms with E-state index in [1.807, 2.05) is 6.92 Å². The first-order valence-electron chi connectivity index (χ1n) is 5.77. The summed E-state index contributed by atoms with van der Waals surface area (Å²) in [6.07, 6.45) is 3.85.